The van der Waals surface area contributed by atoms with Gasteiger partial charge in [-0.15, -0.1) is 5.10 Å². The summed E-state index contributed by atoms with van der Waals surface area (Å²) in [6.07, 6.45) is 9.21. The average molecular weight is 266 g/mol. The maximum atomic E-state index is 4.11. The van der Waals surface area contributed by atoms with E-state index in [9.17, 15) is 0 Å². The van der Waals surface area contributed by atoms with Crippen molar-refractivity contribution in [1.29, 1.82) is 0 Å². The first-order valence-electron chi connectivity index (χ1n) is 6.33. The van der Waals surface area contributed by atoms with E-state index in [-0.39, 0.29) is 0 Å². The second-order valence-electron chi connectivity index (χ2n) is 4.34. The quantitative estimate of drug-likeness (QED) is 0.704. The molecule has 0 amide bonds. The van der Waals surface area contributed by atoms with Crippen LogP contribution in [0.3, 0.4) is 0 Å². The first-order chi connectivity index (χ1) is 9.90. The second kappa shape index (κ2) is 5.92. The van der Waals surface area contributed by atoms with E-state index in [1.165, 1.54) is 11.9 Å². The highest BCUT2D eigenvalue weighted by Gasteiger charge is 2.00. The maximum absolute atomic E-state index is 4.11. The summed E-state index contributed by atoms with van der Waals surface area (Å²) in [5.74, 6) is 0. The van der Waals surface area contributed by atoms with Crippen LogP contribution in [-0.4, -0.2) is 29.8 Å². The van der Waals surface area contributed by atoms with Gasteiger partial charge in [0.05, 0.1) is 19.3 Å². The molecule has 0 N–H and O–H groups in total. The molecule has 2 heterocycles. The van der Waals surface area contributed by atoms with Gasteiger partial charge in [-0.1, -0.05) is 47.7 Å². The number of nitrogens with zero attached hydrogens (tertiary/aromatic N) is 6. The van der Waals surface area contributed by atoms with Crippen molar-refractivity contribution in [3.05, 3.63) is 66.5 Å². The molecule has 3 rings (SSSR count). The molecule has 20 heavy (non-hydrogen) atoms. The van der Waals surface area contributed by atoms with Crippen molar-refractivity contribution in [2.24, 2.45) is 0 Å². The van der Waals surface area contributed by atoms with Crippen LogP contribution in [0.1, 0.15) is 11.3 Å². The molecule has 6 nitrogen and oxygen atoms in total. The zero-order chi connectivity index (χ0) is 13.6. The fourth-order valence-corrected chi connectivity index (χ4v) is 1.84. The number of hydrogen-bond acceptors (Lipinski definition) is 4. The van der Waals surface area contributed by atoms with E-state index in [1.54, 1.807) is 15.7 Å². The Kier molecular flexibility index (Phi) is 3.64. The van der Waals surface area contributed by atoms with Crippen LogP contribution in [0.15, 0.2) is 55.3 Å². The summed E-state index contributed by atoms with van der Waals surface area (Å²) < 4.78 is 3.51. The molecule has 100 valence electrons. The summed E-state index contributed by atoms with van der Waals surface area (Å²) in [5, 5.41) is 12.2. The number of rotatable bonds is 5. The molecular formula is C14H14N6. The lowest BCUT2D eigenvalue weighted by Gasteiger charge is -1.95. The molecule has 0 aliphatic carbocycles. The smallest absolute Gasteiger partial charge is 0.137 e. The lowest BCUT2D eigenvalue weighted by atomic mass is 10.2. The van der Waals surface area contributed by atoms with Gasteiger partial charge >= 0.3 is 0 Å². The van der Waals surface area contributed by atoms with Gasteiger partial charge in [0, 0.05) is 0 Å². The van der Waals surface area contributed by atoms with E-state index in [4.69, 9.17) is 0 Å². The van der Waals surface area contributed by atoms with Crippen molar-refractivity contribution in [1.82, 2.24) is 29.8 Å². The Morgan fingerprint density at radius 2 is 2.00 bits per heavy atom. The van der Waals surface area contributed by atoms with Gasteiger partial charge in [-0.3, -0.25) is 0 Å². The zero-order valence-electron chi connectivity index (χ0n) is 10.9. The standard InChI is InChI=1S/C14H14N6/c1-2-5-13(6-3-1)7-4-8-19-9-14(17-18-19)10-20-12-15-11-16-20/h1-7,9,11-12H,8,10H2. The van der Waals surface area contributed by atoms with Crippen LogP contribution in [0.5, 0.6) is 0 Å². The van der Waals surface area contributed by atoms with Gasteiger partial charge in [-0.2, -0.15) is 5.10 Å². The molecule has 2 aromatic heterocycles. The molecular weight excluding hydrogens is 252 g/mol. The van der Waals surface area contributed by atoms with Gasteiger partial charge in [0.15, 0.2) is 0 Å². The van der Waals surface area contributed by atoms with Crippen LogP contribution in [0.4, 0.5) is 0 Å². The fraction of sp³-hybridized carbons (Fsp3) is 0.143. The third-order valence-electron chi connectivity index (χ3n) is 2.78. The molecule has 0 fully saturated rings. The maximum Gasteiger partial charge on any atom is 0.137 e. The van der Waals surface area contributed by atoms with Crippen LogP contribution >= 0.6 is 0 Å². The molecule has 1 aromatic carbocycles. The first-order valence-corrected chi connectivity index (χ1v) is 6.33. The fourth-order valence-electron chi connectivity index (χ4n) is 1.84. The summed E-state index contributed by atoms with van der Waals surface area (Å²) in [4.78, 5) is 3.89. The molecule has 3 aromatic rings. The second-order valence-corrected chi connectivity index (χ2v) is 4.34. The molecule has 0 unspecified atom stereocenters. The van der Waals surface area contributed by atoms with Crippen LogP contribution in [0.2, 0.25) is 0 Å². The van der Waals surface area contributed by atoms with Gasteiger partial charge in [0.25, 0.3) is 0 Å². The molecule has 0 aliphatic rings. The molecule has 0 radical (unpaired) electrons. The van der Waals surface area contributed by atoms with E-state index in [1.807, 2.05) is 24.4 Å². The van der Waals surface area contributed by atoms with Crippen LogP contribution < -0.4 is 0 Å². The van der Waals surface area contributed by atoms with E-state index in [0.717, 1.165) is 5.69 Å². The van der Waals surface area contributed by atoms with Gasteiger partial charge in [-0.05, 0) is 5.56 Å². The highest BCUT2D eigenvalue weighted by Crippen LogP contribution is 2.02. The molecule has 0 atom stereocenters. The van der Waals surface area contributed by atoms with Crippen LogP contribution in [-0.2, 0) is 13.1 Å². The number of aromatic nitrogens is 6. The van der Waals surface area contributed by atoms with Crippen molar-refractivity contribution in [3.8, 4) is 0 Å². The molecule has 0 bridgehead atoms. The van der Waals surface area contributed by atoms with Crippen LogP contribution in [0.25, 0.3) is 6.08 Å². The minimum Gasteiger partial charge on any atom is -0.248 e. The number of allylic oxidation sites excluding steroid dienone is 1. The molecule has 0 spiro atoms. The van der Waals surface area contributed by atoms with E-state index in [2.05, 4.69) is 44.7 Å². The topological polar surface area (TPSA) is 61.4 Å². The van der Waals surface area contributed by atoms with Gasteiger partial charge in [0.1, 0.15) is 18.3 Å². The third-order valence-corrected chi connectivity index (χ3v) is 2.78. The molecule has 0 saturated carbocycles. The van der Waals surface area contributed by atoms with Gasteiger partial charge in [-0.25, -0.2) is 14.3 Å². The van der Waals surface area contributed by atoms with Gasteiger partial charge in [0.2, 0.25) is 0 Å². The lowest BCUT2D eigenvalue weighted by Crippen LogP contribution is -2.00. The minimum absolute atomic E-state index is 0.586. The van der Waals surface area contributed by atoms with E-state index < -0.39 is 0 Å². The molecule has 0 saturated heterocycles. The third kappa shape index (κ3) is 3.17. The Hall–Kier alpha value is -2.76. The highest BCUT2D eigenvalue weighted by molar-refractivity contribution is 5.48. The summed E-state index contributed by atoms with van der Waals surface area (Å²) in [5.41, 5.74) is 2.04. The highest BCUT2D eigenvalue weighted by atomic mass is 15.4. The lowest BCUT2D eigenvalue weighted by molar-refractivity contribution is 0.654. The minimum atomic E-state index is 0.586. The monoisotopic (exact) mass is 266 g/mol. The SMILES string of the molecule is C(=Cc1ccccc1)Cn1cc(Cn2cncn2)nn1. The van der Waals surface area contributed by atoms with Gasteiger partial charge < -0.3 is 0 Å². The predicted molar refractivity (Wildman–Crippen MR) is 74.6 cm³/mol. The Labute approximate surface area is 116 Å². The van der Waals surface area contributed by atoms with Crippen molar-refractivity contribution < 1.29 is 0 Å². The first kappa shape index (κ1) is 12.3. The average Bonchev–Trinajstić information content (AvgIpc) is 3.13. The summed E-state index contributed by atoms with van der Waals surface area (Å²) >= 11 is 0. The Morgan fingerprint density at radius 1 is 1.10 bits per heavy atom. The van der Waals surface area contributed by atoms with Crippen LogP contribution in [0, 0.1) is 0 Å². The molecule has 6 heteroatoms. The Balaban J connectivity index is 1.59. The normalized spacial score (nSPS) is 11.2. The van der Waals surface area contributed by atoms with E-state index >= 15 is 0 Å². The summed E-state index contributed by atoms with van der Waals surface area (Å²) in [7, 11) is 0. The number of hydrogen-bond donors (Lipinski definition) is 0. The Bertz CT molecular complexity index is 669. The molecule has 0 aliphatic heterocycles. The van der Waals surface area contributed by atoms with Crippen molar-refractivity contribution in [2.45, 2.75) is 13.1 Å². The summed E-state index contributed by atoms with van der Waals surface area (Å²) in [6, 6.07) is 10.2. The van der Waals surface area contributed by atoms with E-state index in [0.29, 0.717) is 13.1 Å². The van der Waals surface area contributed by atoms with Crippen molar-refractivity contribution >= 4 is 6.08 Å². The Morgan fingerprint density at radius 3 is 2.80 bits per heavy atom. The summed E-state index contributed by atoms with van der Waals surface area (Å²) in [6.45, 7) is 1.28. The van der Waals surface area contributed by atoms with Crippen molar-refractivity contribution in [3.63, 3.8) is 0 Å². The van der Waals surface area contributed by atoms with Crippen molar-refractivity contribution in [2.75, 3.05) is 0 Å². The zero-order valence-corrected chi connectivity index (χ0v) is 10.9. The predicted octanol–water partition coefficient (Wildman–Crippen LogP) is 1.63. The largest absolute Gasteiger partial charge is 0.248 e. The number of benzene rings is 1.